The first-order chi connectivity index (χ1) is 7.56. The molecular weight excluding hydrogens is 216 g/mol. The van der Waals surface area contributed by atoms with Gasteiger partial charge in [-0.25, -0.2) is 9.78 Å². The van der Waals surface area contributed by atoms with E-state index in [9.17, 15) is 14.9 Å². The van der Waals surface area contributed by atoms with Gasteiger partial charge in [0.2, 0.25) is 0 Å². The highest BCUT2D eigenvalue weighted by Gasteiger charge is 2.19. The number of carboxylic acids is 1. The van der Waals surface area contributed by atoms with Gasteiger partial charge in [-0.2, -0.15) is 0 Å². The van der Waals surface area contributed by atoms with Crippen molar-refractivity contribution in [1.29, 1.82) is 0 Å². The van der Waals surface area contributed by atoms with Crippen LogP contribution in [-0.2, 0) is 0 Å². The first-order valence-electron chi connectivity index (χ1n) is 4.17. The molecule has 0 saturated heterocycles. The van der Waals surface area contributed by atoms with Gasteiger partial charge in [-0.15, -0.1) is 0 Å². The molecule has 1 rings (SSSR count). The molecule has 0 aliphatic rings. The zero-order chi connectivity index (χ0) is 12.1. The molecule has 84 valence electrons. The number of nitro groups is 1. The molecule has 1 heterocycles. The maximum absolute atomic E-state index is 10.6. The smallest absolute Gasteiger partial charge is 0.337 e. The lowest BCUT2D eigenvalue weighted by Crippen LogP contribution is -2.04. The van der Waals surface area contributed by atoms with Crippen LogP contribution in [0, 0.1) is 10.1 Å². The van der Waals surface area contributed by atoms with E-state index in [2.05, 4.69) is 11.6 Å². The van der Waals surface area contributed by atoms with Crippen LogP contribution in [0.25, 0.3) is 0 Å². The molecule has 1 N–H and O–H groups in total. The predicted molar refractivity (Wildman–Crippen MR) is 53.5 cm³/mol. The summed E-state index contributed by atoms with van der Waals surface area (Å²) in [5, 5.41) is 19.3. The zero-order valence-corrected chi connectivity index (χ0v) is 8.12. The van der Waals surface area contributed by atoms with Crippen molar-refractivity contribution in [1.82, 2.24) is 4.98 Å². The summed E-state index contributed by atoms with van der Waals surface area (Å²) in [5.74, 6) is -1.51. The lowest BCUT2D eigenvalue weighted by Gasteiger charge is -2.03. The second kappa shape index (κ2) is 4.87. The number of carboxylic acid groups (broad SMARTS) is 1. The fraction of sp³-hybridized carbons (Fsp3) is 0.111. The molecule has 0 spiro atoms. The van der Waals surface area contributed by atoms with Crippen molar-refractivity contribution in [3.63, 3.8) is 0 Å². The molecule has 0 aromatic carbocycles. The number of nitrogens with zero attached hydrogens (tertiary/aromatic N) is 2. The average molecular weight is 224 g/mol. The maximum Gasteiger partial charge on any atom is 0.337 e. The van der Waals surface area contributed by atoms with Gasteiger partial charge in [0.15, 0.2) is 0 Å². The highest BCUT2D eigenvalue weighted by molar-refractivity contribution is 5.88. The number of ether oxygens (including phenoxy) is 1. The van der Waals surface area contributed by atoms with Crippen LogP contribution >= 0.6 is 0 Å². The number of pyridine rings is 1. The van der Waals surface area contributed by atoms with Gasteiger partial charge in [0, 0.05) is 12.3 Å². The summed E-state index contributed by atoms with van der Waals surface area (Å²) in [6.45, 7) is 3.44. The second-order valence-corrected chi connectivity index (χ2v) is 2.71. The molecule has 0 atom stereocenters. The van der Waals surface area contributed by atoms with E-state index in [0.717, 1.165) is 12.3 Å². The van der Waals surface area contributed by atoms with Gasteiger partial charge in [0.05, 0.1) is 10.5 Å². The Morgan fingerprint density at radius 3 is 2.94 bits per heavy atom. The Morgan fingerprint density at radius 2 is 2.44 bits per heavy atom. The van der Waals surface area contributed by atoms with E-state index in [1.807, 2.05) is 0 Å². The molecular formula is C9H8N2O5. The first-order valence-corrected chi connectivity index (χ1v) is 4.17. The second-order valence-electron chi connectivity index (χ2n) is 2.71. The number of hydrogen-bond acceptors (Lipinski definition) is 5. The van der Waals surface area contributed by atoms with Gasteiger partial charge in [0.1, 0.15) is 6.61 Å². The minimum absolute atomic E-state index is 0.0558. The summed E-state index contributed by atoms with van der Waals surface area (Å²) in [4.78, 5) is 24.0. The summed E-state index contributed by atoms with van der Waals surface area (Å²) in [6, 6.07) is 0.897. The van der Waals surface area contributed by atoms with Crippen molar-refractivity contribution >= 4 is 11.7 Å². The maximum atomic E-state index is 10.6. The SMILES string of the molecule is C=CCOc1ncc(C(=O)O)cc1[N+](=O)[O-]. The molecule has 16 heavy (non-hydrogen) atoms. The van der Waals surface area contributed by atoms with E-state index in [0.29, 0.717) is 0 Å². The largest absolute Gasteiger partial charge is 0.478 e. The van der Waals surface area contributed by atoms with Gasteiger partial charge in [-0.05, 0) is 0 Å². The molecule has 7 heteroatoms. The van der Waals surface area contributed by atoms with Crippen LogP contribution in [0.3, 0.4) is 0 Å². The molecule has 1 aromatic heterocycles. The number of aromatic carboxylic acids is 1. The van der Waals surface area contributed by atoms with Crippen molar-refractivity contribution < 1.29 is 19.6 Å². The van der Waals surface area contributed by atoms with Gasteiger partial charge in [-0.1, -0.05) is 12.7 Å². The molecule has 0 aliphatic heterocycles. The topological polar surface area (TPSA) is 103 Å². The zero-order valence-electron chi connectivity index (χ0n) is 8.12. The van der Waals surface area contributed by atoms with E-state index in [4.69, 9.17) is 9.84 Å². The van der Waals surface area contributed by atoms with Crippen LogP contribution < -0.4 is 4.74 Å². The Balaban J connectivity index is 3.13. The van der Waals surface area contributed by atoms with Crippen LogP contribution in [0.4, 0.5) is 5.69 Å². The van der Waals surface area contributed by atoms with Gasteiger partial charge in [0.25, 0.3) is 5.88 Å². The predicted octanol–water partition coefficient (Wildman–Crippen LogP) is 1.25. The van der Waals surface area contributed by atoms with E-state index in [-0.39, 0.29) is 18.1 Å². The number of carbonyl (C=O) groups is 1. The van der Waals surface area contributed by atoms with Gasteiger partial charge in [-0.3, -0.25) is 10.1 Å². The third kappa shape index (κ3) is 2.53. The molecule has 0 saturated carbocycles. The highest BCUT2D eigenvalue weighted by atomic mass is 16.6. The van der Waals surface area contributed by atoms with Crippen LogP contribution in [0.2, 0.25) is 0 Å². The minimum atomic E-state index is -1.29. The lowest BCUT2D eigenvalue weighted by molar-refractivity contribution is -0.386. The molecule has 0 fully saturated rings. The van der Waals surface area contributed by atoms with E-state index >= 15 is 0 Å². The minimum Gasteiger partial charge on any atom is -0.478 e. The molecule has 0 aliphatic carbocycles. The first kappa shape index (κ1) is 11.6. The van der Waals surface area contributed by atoms with Crippen molar-refractivity contribution in [2.75, 3.05) is 6.61 Å². The Kier molecular flexibility index (Phi) is 3.54. The third-order valence-corrected chi connectivity index (χ3v) is 1.61. The molecule has 0 bridgehead atoms. The quantitative estimate of drug-likeness (QED) is 0.458. The van der Waals surface area contributed by atoms with Crippen LogP contribution in [0.5, 0.6) is 5.88 Å². The van der Waals surface area contributed by atoms with Crippen LogP contribution in [0.15, 0.2) is 24.9 Å². The molecule has 7 nitrogen and oxygen atoms in total. The average Bonchev–Trinajstić information content (AvgIpc) is 2.25. The van der Waals surface area contributed by atoms with E-state index < -0.39 is 16.6 Å². The Bertz CT molecular complexity index is 444. The summed E-state index contributed by atoms with van der Waals surface area (Å²) in [5.41, 5.74) is -0.751. The number of aromatic nitrogens is 1. The van der Waals surface area contributed by atoms with Crippen molar-refractivity contribution in [3.8, 4) is 5.88 Å². The van der Waals surface area contributed by atoms with Gasteiger partial charge < -0.3 is 9.84 Å². The number of rotatable bonds is 5. The van der Waals surface area contributed by atoms with Crippen molar-refractivity contribution in [2.45, 2.75) is 0 Å². The summed E-state index contributed by atoms with van der Waals surface area (Å²) in [6.07, 6.45) is 2.39. The normalized spacial score (nSPS) is 9.50. The molecule has 0 amide bonds. The Labute approximate surface area is 90.1 Å². The monoisotopic (exact) mass is 224 g/mol. The summed E-state index contributed by atoms with van der Waals surface area (Å²) >= 11 is 0. The fourth-order valence-corrected chi connectivity index (χ4v) is 0.937. The summed E-state index contributed by atoms with van der Waals surface area (Å²) < 4.78 is 4.92. The third-order valence-electron chi connectivity index (χ3n) is 1.61. The molecule has 0 radical (unpaired) electrons. The van der Waals surface area contributed by atoms with E-state index in [1.54, 1.807) is 0 Å². The van der Waals surface area contributed by atoms with Crippen LogP contribution in [-0.4, -0.2) is 27.6 Å². The summed E-state index contributed by atoms with van der Waals surface area (Å²) in [7, 11) is 0. The Hall–Kier alpha value is -2.44. The number of hydrogen-bond donors (Lipinski definition) is 1. The van der Waals surface area contributed by atoms with Crippen molar-refractivity contribution in [3.05, 3.63) is 40.6 Å². The standard InChI is InChI=1S/C9H8N2O5/c1-2-3-16-8-7(11(14)15)4-6(5-10-8)9(12)13/h2,4-5H,1,3H2,(H,12,13). The molecule has 1 aromatic rings. The highest BCUT2D eigenvalue weighted by Crippen LogP contribution is 2.24. The lowest BCUT2D eigenvalue weighted by atomic mass is 10.2. The molecule has 0 unspecified atom stereocenters. The van der Waals surface area contributed by atoms with Crippen molar-refractivity contribution in [2.24, 2.45) is 0 Å². The fourth-order valence-electron chi connectivity index (χ4n) is 0.937. The Morgan fingerprint density at radius 1 is 1.75 bits per heavy atom. The van der Waals surface area contributed by atoms with Gasteiger partial charge >= 0.3 is 11.7 Å². The van der Waals surface area contributed by atoms with E-state index in [1.165, 1.54) is 6.08 Å². The van der Waals surface area contributed by atoms with Crippen LogP contribution in [0.1, 0.15) is 10.4 Å².